The monoisotopic (exact) mass is 229 g/mol. The fraction of sp³-hybridized carbons (Fsp3) is 0.444. The van der Waals surface area contributed by atoms with E-state index in [4.69, 9.17) is 5.73 Å². The molecule has 15 heavy (non-hydrogen) atoms. The van der Waals surface area contributed by atoms with Crippen molar-refractivity contribution in [3.63, 3.8) is 0 Å². The molecule has 84 valence electrons. The van der Waals surface area contributed by atoms with Gasteiger partial charge in [0, 0.05) is 11.7 Å². The number of sulfonamides is 1. The summed E-state index contributed by atoms with van der Waals surface area (Å²) in [6.45, 7) is 5.32. The average molecular weight is 229 g/mol. The Labute approximate surface area is 89.8 Å². The van der Waals surface area contributed by atoms with Crippen LogP contribution in [0.2, 0.25) is 0 Å². The molecule has 0 aliphatic rings. The lowest BCUT2D eigenvalue weighted by Gasteiger charge is -2.20. The van der Waals surface area contributed by atoms with Crippen molar-refractivity contribution in [1.29, 1.82) is 0 Å². The molecule has 3 N–H and O–H groups in total. The molecule has 0 saturated heterocycles. The first-order chi connectivity index (χ1) is 6.71. The van der Waals surface area contributed by atoms with Crippen LogP contribution < -0.4 is 10.5 Å². The van der Waals surface area contributed by atoms with Crippen LogP contribution in [0.4, 0.5) is 5.82 Å². The summed E-state index contributed by atoms with van der Waals surface area (Å²) in [6, 6.07) is 2.88. The van der Waals surface area contributed by atoms with E-state index in [0.717, 1.165) is 0 Å². The van der Waals surface area contributed by atoms with Crippen molar-refractivity contribution in [2.75, 3.05) is 5.73 Å². The van der Waals surface area contributed by atoms with E-state index in [-0.39, 0.29) is 4.90 Å². The molecule has 0 bridgehead atoms. The van der Waals surface area contributed by atoms with Crippen LogP contribution in [-0.4, -0.2) is 18.9 Å². The molecule has 0 aliphatic heterocycles. The van der Waals surface area contributed by atoms with Gasteiger partial charge in [0.2, 0.25) is 10.0 Å². The van der Waals surface area contributed by atoms with Gasteiger partial charge in [0.15, 0.2) is 0 Å². The molecule has 0 spiro atoms. The summed E-state index contributed by atoms with van der Waals surface area (Å²) in [6.07, 6.45) is 1.24. The third-order valence-corrected chi connectivity index (χ3v) is 3.25. The van der Waals surface area contributed by atoms with Crippen LogP contribution in [0, 0.1) is 0 Å². The van der Waals surface area contributed by atoms with Gasteiger partial charge in [0.1, 0.15) is 10.7 Å². The molecule has 0 fully saturated rings. The minimum absolute atomic E-state index is 0.117. The smallest absolute Gasteiger partial charge is 0.242 e. The van der Waals surface area contributed by atoms with E-state index >= 15 is 0 Å². The summed E-state index contributed by atoms with van der Waals surface area (Å²) in [4.78, 5) is 3.85. The molecule has 0 saturated carbocycles. The molecule has 0 radical (unpaired) electrons. The Bertz CT molecular complexity index is 431. The standard InChI is InChI=1S/C9H15N3O2S/c1-9(2,3)12-15(13,14)7-4-5-8(10)11-6-7/h4-6,12H,1-3H3,(H2,10,11). The maximum atomic E-state index is 11.8. The number of nitrogens with two attached hydrogens (primary N) is 1. The molecule has 1 aromatic rings. The van der Waals surface area contributed by atoms with Crippen LogP contribution in [-0.2, 0) is 10.0 Å². The second kappa shape index (κ2) is 3.79. The Morgan fingerprint density at radius 2 is 1.93 bits per heavy atom. The Kier molecular flexibility index (Phi) is 3.01. The Morgan fingerprint density at radius 1 is 1.33 bits per heavy atom. The molecule has 6 heteroatoms. The summed E-state index contributed by atoms with van der Waals surface area (Å²) in [5.41, 5.74) is 4.86. The van der Waals surface area contributed by atoms with Gasteiger partial charge >= 0.3 is 0 Å². The lowest BCUT2D eigenvalue weighted by molar-refractivity contribution is 0.491. The number of nitrogens with one attached hydrogen (secondary N) is 1. The molecule has 0 unspecified atom stereocenters. The summed E-state index contributed by atoms with van der Waals surface area (Å²) in [5.74, 6) is 0.296. The second-order valence-electron chi connectivity index (χ2n) is 4.27. The highest BCUT2D eigenvalue weighted by Crippen LogP contribution is 2.12. The van der Waals surface area contributed by atoms with Gasteiger partial charge in [-0.15, -0.1) is 0 Å². The van der Waals surface area contributed by atoms with E-state index in [1.807, 2.05) is 0 Å². The second-order valence-corrected chi connectivity index (χ2v) is 5.96. The minimum Gasteiger partial charge on any atom is -0.384 e. The highest BCUT2D eigenvalue weighted by atomic mass is 32.2. The highest BCUT2D eigenvalue weighted by molar-refractivity contribution is 7.89. The molecule has 1 heterocycles. The quantitative estimate of drug-likeness (QED) is 0.783. The number of nitrogens with zero attached hydrogens (tertiary/aromatic N) is 1. The van der Waals surface area contributed by atoms with Gasteiger partial charge in [-0.05, 0) is 32.9 Å². The van der Waals surface area contributed by atoms with E-state index in [9.17, 15) is 8.42 Å². The lowest BCUT2D eigenvalue weighted by atomic mass is 10.1. The van der Waals surface area contributed by atoms with Gasteiger partial charge in [0.05, 0.1) is 0 Å². The van der Waals surface area contributed by atoms with Gasteiger partial charge in [-0.25, -0.2) is 18.1 Å². The lowest BCUT2D eigenvalue weighted by Crippen LogP contribution is -2.40. The first-order valence-corrected chi connectivity index (χ1v) is 5.94. The van der Waals surface area contributed by atoms with Gasteiger partial charge < -0.3 is 5.73 Å². The van der Waals surface area contributed by atoms with Crippen molar-refractivity contribution in [3.8, 4) is 0 Å². The molecule has 1 rings (SSSR count). The van der Waals surface area contributed by atoms with Crippen LogP contribution in [0.25, 0.3) is 0 Å². The molecule has 0 aromatic carbocycles. The maximum Gasteiger partial charge on any atom is 0.242 e. The summed E-state index contributed by atoms with van der Waals surface area (Å²) in [5, 5.41) is 0. The largest absolute Gasteiger partial charge is 0.384 e. The number of aromatic nitrogens is 1. The van der Waals surface area contributed by atoms with Crippen LogP contribution in [0.1, 0.15) is 20.8 Å². The first-order valence-electron chi connectivity index (χ1n) is 4.46. The molecule has 0 aliphatic carbocycles. The third kappa shape index (κ3) is 3.49. The normalized spacial score (nSPS) is 12.7. The van der Waals surface area contributed by atoms with E-state index in [1.165, 1.54) is 18.3 Å². The van der Waals surface area contributed by atoms with Crippen molar-refractivity contribution in [2.45, 2.75) is 31.2 Å². The van der Waals surface area contributed by atoms with Crippen LogP contribution >= 0.6 is 0 Å². The van der Waals surface area contributed by atoms with Gasteiger partial charge in [-0.2, -0.15) is 0 Å². The van der Waals surface area contributed by atoms with E-state index in [2.05, 4.69) is 9.71 Å². The third-order valence-electron chi connectivity index (χ3n) is 1.51. The van der Waals surface area contributed by atoms with E-state index in [1.54, 1.807) is 20.8 Å². The van der Waals surface area contributed by atoms with Crippen molar-refractivity contribution >= 4 is 15.8 Å². The zero-order valence-corrected chi connectivity index (χ0v) is 9.80. The van der Waals surface area contributed by atoms with Crippen molar-refractivity contribution in [2.24, 2.45) is 0 Å². The van der Waals surface area contributed by atoms with Crippen LogP contribution in [0.15, 0.2) is 23.2 Å². The topological polar surface area (TPSA) is 85.1 Å². The predicted molar refractivity (Wildman–Crippen MR) is 58.7 cm³/mol. The van der Waals surface area contributed by atoms with E-state index < -0.39 is 15.6 Å². The Morgan fingerprint density at radius 3 is 2.33 bits per heavy atom. The molecule has 1 aromatic heterocycles. The zero-order valence-electron chi connectivity index (χ0n) is 8.98. The van der Waals surface area contributed by atoms with Crippen LogP contribution in [0.3, 0.4) is 0 Å². The SMILES string of the molecule is CC(C)(C)NS(=O)(=O)c1ccc(N)nc1. The Balaban J connectivity index is 3.02. The predicted octanol–water partition coefficient (Wildman–Crippen LogP) is 0.741. The summed E-state index contributed by atoms with van der Waals surface area (Å²) < 4.78 is 26.1. The fourth-order valence-electron chi connectivity index (χ4n) is 1.01. The minimum atomic E-state index is -3.50. The Hall–Kier alpha value is -1.14. The number of rotatable bonds is 2. The van der Waals surface area contributed by atoms with Crippen molar-refractivity contribution in [1.82, 2.24) is 9.71 Å². The molecular weight excluding hydrogens is 214 g/mol. The number of anilines is 1. The number of pyridine rings is 1. The molecule has 5 nitrogen and oxygen atoms in total. The van der Waals surface area contributed by atoms with Crippen molar-refractivity contribution in [3.05, 3.63) is 18.3 Å². The maximum absolute atomic E-state index is 11.8. The summed E-state index contributed by atoms with van der Waals surface area (Å²) in [7, 11) is -3.50. The van der Waals surface area contributed by atoms with Crippen molar-refractivity contribution < 1.29 is 8.42 Å². The first kappa shape index (κ1) is 11.9. The average Bonchev–Trinajstić information content (AvgIpc) is 2.00. The number of hydrogen-bond acceptors (Lipinski definition) is 4. The number of nitrogen functional groups attached to an aromatic ring is 1. The van der Waals surface area contributed by atoms with Gasteiger partial charge in [-0.1, -0.05) is 0 Å². The molecular formula is C9H15N3O2S. The van der Waals surface area contributed by atoms with Gasteiger partial charge in [0.25, 0.3) is 0 Å². The molecule has 0 amide bonds. The zero-order chi connectivity index (χ0) is 11.7. The summed E-state index contributed by atoms with van der Waals surface area (Å²) >= 11 is 0. The van der Waals surface area contributed by atoms with Gasteiger partial charge in [-0.3, -0.25) is 0 Å². The highest BCUT2D eigenvalue weighted by Gasteiger charge is 2.21. The van der Waals surface area contributed by atoms with Crippen LogP contribution in [0.5, 0.6) is 0 Å². The van der Waals surface area contributed by atoms with E-state index in [0.29, 0.717) is 5.82 Å². The number of hydrogen-bond donors (Lipinski definition) is 2. The fourth-order valence-corrected chi connectivity index (χ4v) is 2.38. The molecule has 0 atom stereocenters.